The van der Waals surface area contributed by atoms with Crippen LogP contribution in [-0.2, 0) is 20.8 Å². The Kier molecular flexibility index (Phi) is 7.05. The number of rotatable bonds is 6. The lowest BCUT2D eigenvalue weighted by molar-refractivity contribution is 0.583. The average molecular weight is 328 g/mol. The summed E-state index contributed by atoms with van der Waals surface area (Å²) in [7, 11) is -4.62. The summed E-state index contributed by atoms with van der Waals surface area (Å²) in [6.45, 7) is 3.89. The summed E-state index contributed by atoms with van der Waals surface area (Å²) in [5.74, 6) is 6.33. The molecule has 1 rings (SSSR count). The second-order valence-electron chi connectivity index (χ2n) is 4.32. The van der Waals surface area contributed by atoms with E-state index in [0.29, 0.717) is 22.6 Å². The Morgan fingerprint density at radius 3 is 2.71 bits per heavy atom. The molecule has 0 saturated heterocycles. The van der Waals surface area contributed by atoms with E-state index < -0.39 is 20.8 Å². The highest BCUT2D eigenvalue weighted by molar-refractivity contribution is 7.89. The van der Waals surface area contributed by atoms with Crippen LogP contribution in [0.4, 0.5) is 0 Å². The Hall–Kier alpha value is -1.20. The van der Waals surface area contributed by atoms with Gasteiger partial charge in [0.25, 0.3) is 0 Å². The molecule has 5 nitrogen and oxygen atoms in total. The van der Waals surface area contributed by atoms with E-state index in [9.17, 15) is 12.6 Å². The van der Waals surface area contributed by atoms with Gasteiger partial charge in [-0.05, 0) is 24.6 Å². The van der Waals surface area contributed by atoms with Crippen LogP contribution in [0.25, 0.3) is 0 Å². The maximum atomic E-state index is 12.3. The number of hydrogen-bond donors (Lipinski definition) is 2. The summed E-state index contributed by atoms with van der Waals surface area (Å²) in [6, 6.07) is 4.99. The molecule has 0 aromatic heterocycles. The molecule has 1 atom stereocenters. The molecule has 7 heteroatoms. The van der Waals surface area contributed by atoms with E-state index in [1.165, 1.54) is 6.07 Å². The van der Waals surface area contributed by atoms with Crippen molar-refractivity contribution in [3.8, 4) is 11.8 Å². The van der Waals surface area contributed by atoms with Crippen LogP contribution in [0.2, 0.25) is 0 Å². The molecule has 3 N–H and O–H groups in total. The zero-order chi connectivity index (χ0) is 15.9. The zero-order valence-electron chi connectivity index (χ0n) is 12.2. The van der Waals surface area contributed by atoms with Gasteiger partial charge in [-0.3, -0.25) is 4.21 Å². The lowest BCUT2D eigenvalue weighted by atomic mass is 10.1. The molecule has 21 heavy (non-hydrogen) atoms. The number of sulfonamides is 1. The minimum atomic E-state index is -3.63. The standard InChI is InChI=1S/C14H20N2O3S2/c1-3-20(17)10-9-16-21(18,19)14-11-13(5-4-8-15)7-6-12(14)2/h6-7,11,16H,3,8-10,15H2,1-2H3. The Balaban J connectivity index is 2.94. The summed E-state index contributed by atoms with van der Waals surface area (Å²) in [5, 5.41) is 0. The van der Waals surface area contributed by atoms with E-state index in [2.05, 4.69) is 16.6 Å². The summed E-state index contributed by atoms with van der Waals surface area (Å²) >= 11 is 0. The summed E-state index contributed by atoms with van der Waals surface area (Å²) in [5.41, 5.74) is 6.54. The quantitative estimate of drug-likeness (QED) is 0.738. The van der Waals surface area contributed by atoms with Crippen molar-refractivity contribution in [2.75, 3.05) is 24.6 Å². The molecule has 0 aliphatic carbocycles. The number of aryl methyl sites for hydroxylation is 1. The van der Waals surface area contributed by atoms with Crippen LogP contribution >= 0.6 is 0 Å². The van der Waals surface area contributed by atoms with Gasteiger partial charge in [0.15, 0.2) is 0 Å². The fourth-order valence-corrected chi connectivity index (χ4v) is 3.68. The molecule has 0 fully saturated rings. The molecule has 0 heterocycles. The van der Waals surface area contributed by atoms with Gasteiger partial charge in [0.1, 0.15) is 0 Å². The SMILES string of the molecule is CCS(=O)CCNS(=O)(=O)c1cc(C#CCN)ccc1C. The molecule has 0 radical (unpaired) electrons. The van der Waals surface area contributed by atoms with Gasteiger partial charge in [0, 0.05) is 34.4 Å². The summed E-state index contributed by atoms with van der Waals surface area (Å²) < 4.78 is 38.3. The Bertz CT molecular complexity index is 673. The monoisotopic (exact) mass is 328 g/mol. The van der Waals surface area contributed by atoms with Crippen molar-refractivity contribution < 1.29 is 12.6 Å². The van der Waals surface area contributed by atoms with Crippen LogP contribution in [0.1, 0.15) is 18.1 Å². The molecular weight excluding hydrogens is 308 g/mol. The van der Waals surface area contributed by atoms with Crippen molar-refractivity contribution in [2.45, 2.75) is 18.7 Å². The van der Waals surface area contributed by atoms with Crippen molar-refractivity contribution >= 4 is 20.8 Å². The van der Waals surface area contributed by atoms with Crippen LogP contribution in [0.3, 0.4) is 0 Å². The van der Waals surface area contributed by atoms with E-state index in [1.807, 2.05) is 0 Å². The second-order valence-corrected chi connectivity index (χ2v) is 7.92. The Labute approximate surface area is 128 Å². The predicted molar refractivity (Wildman–Crippen MR) is 85.9 cm³/mol. The molecule has 0 amide bonds. The van der Waals surface area contributed by atoms with E-state index in [-0.39, 0.29) is 18.0 Å². The Morgan fingerprint density at radius 1 is 1.38 bits per heavy atom. The second kappa shape index (κ2) is 8.29. The third-order valence-electron chi connectivity index (χ3n) is 2.76. The van der Waals surface area contributed by atoms with Gasteiger partial charge in [-0.25, -0.2) is 13.1 Å². The number of nitrogens with two attached hydrogens (primary N) is 1. The third kappa shape index (κ3) is 5.59. The van der Waals surface area contributed by atoms with Crippen LogP contribution in [0, 0.1) is 18.8 Å². The molecule has 0 saturated carbocycles. The average Bonchev–Trinajstić information content (AvgIpc) is 2.45. The first-order valence-electron chi connectivity index (χ1n) is 6.55. The first-order chi connectivity index (χ1) is 9.90. The maximum Gasteiger partial charge on any atom is 0.240 e. The largest absolute Gasteiger partial charge is 0.320 e. The highest BCUT2D eigenvalue weighted by atomic mass is 32.2. The van der Waals surface area contributed by atoms with Crippen molar-refractivity contribution in [2.24, 2.45) is 5.73 Å². The normalized spacial score (nSPS) is 12.5. The number of benzene rings is 1. The van der Waals surface area contributed by atoms with Gasteiger partial charge in [-0.15, -0.1) is 0 Å². The fraction of sp³-hybridized carbons (Fsp3) is 0.429. The molecule has 1 aromatic carbocycles. The molecule has 0 aliphatic heterocycles. The van der Waals surface area contributed by atoms with Crippen molar-refractivity contribution in [3.05, 3.63) is 29.3 Å². The molecule has 1 unspecified atom stereocenters. The van der Waals surface area contributed by atoms with Crippen molar-refractivity contribution in [3.63, 3.8) is 0 Å². The van der Waals surface area contributed by atoms with Crippen LogP contribution < -0.4 is 10.5 Å². The van der Waals surface area contributed by atoms with E-state index in [4.69, 9.17) is 5.73 Å². The van der Waals surface area contributed by atoms with Gasteiger partial charge in [-0.2, -0.15) is 0 Å². The lowest BCUT2D eigenvalue weighted by Crippen LogP contribution is -2.28. The van der Waals surface area contributed by atoms with E-state index in [1.54, 1.807) is 26.0 Å². The molecule has 0 spiro atoms. The highest BCUT2D eigenvalue weighted by Crippen LogP contribution is 2.16. The van der Waals surface area contributed by atoms with Crippen molar-refractivity contribution in [1.82, 2.24) is 4.72 Å². The Morgan fingerprint density at radius 2 is 2.10 bits per heavy atom. The maximum absolute atomic E-state index is 12.3. The van der Waals surface area contributed by atoms with Gasteiger partial charge >= 0.3 is 0 Å². The molecular formula is C14H20N2O3S2. The van der Waals surface area contributed by atoms with E-state index in [0.717, 1.165) is 0 Å². The topological polar surface area (TPSA) is 89.3 Å². The number of nitrogens with one attached hydrogen (secondary N) is 1. The summed E-state index contributed by atoms with van der Waals surface area (Å²) in [4.78, 5) is 0.189. The first kappa shape index (κ1) is 17.9. The van der Waals surface area contributed by atoms with E-state index >= 15 is 0 Å². The first-order valence-corrected chi connectivity index (χ1v) is 9.52. The van der Waals surface area contributed by atoms with Crippen LogP contribution in [0.15, 0.2) is 23.1 Å². The molecule has 0 aliphatic rings. The van der Waals surface area contributed by atoms with Crippen LogP contribution in [-0.4, -0.2) is 37.2 Å². The van der Waals surface area contributed by atoms with Crippen molar-refractivity contribution in [1.29, 1.82) is 0 Å². The van der Waals surface area contributed by atoms with Gasteiger partial charge in [-0.1, -0.05) is 24.8 Å². The lowest BCUT2D eigenvalue weighted by Gasteiger charge is -2.09. The smallest absolute Gasteiger partial charge is 0.240 e. The predicted octanol–water partition coefficient (Wildman–Crippen LogP) is 0.352. The summed E-state index contributed by atoms with van der Waals surface area (Å²) in [6.07, 6.45) is 0. The van der Waals surface area contributed by atoms with Gasteiger partial charge < -0.3 is 5.73 Å². The molecule has 116 valence electrons. The number of hydrogen-bond acceptors (Lipinski definition) is 4. The van der Waals surface area contributed by atoms with Crippen LogP contribution in [0.5, 0.6) is 0 Å². The van der Waals surface area contributed by atoms with Gasteiger partial charge in [0.05, 0.1) is 11.4 Å². The minimum Gasteiger partial charge on any atom is -0.320 e. The highest BCUT2D eigenvalue weighted by Gasteiger charge is 2.16. The molecule has 1 aromatic rings. The third-order valence-corrected chi connectivity index (χ3v) is 5.66. The molecule has 0 bridgehead atoms. The minimum absolute atomic E-state index is 0.154. The fourth-order valence-electron chi connectivity index (χ4n) is 1.63. The van der Waals surface area contributed by atoms with Gasteiger partial charge in [0.2, 0.25) is 10.0 Å². The zero-order valence-corrected chi connectivity index (χ0v) is 13.8.